The molecular weight excluding hydrogens is 587 g/mol. The van der Waals surface area contributed by atoms with E-state index in [0.29, 0.717) is 34.4 Å². The highest BCUT2D eigenvalue weighted by atomic mass is 19.4. The number of benzene rings is 2. The molecule has 2 aromatic carbocycles. The zero-order valence-corrected chi connectivity index (χ0v) is 24.3. The second-order valence-corrected chi connectivity index (χ2v) is 8.35. The maximum atomic E-state index is 10.6. The highest BCUT2D eigenvalue weighted by Gasteiger charge is 2.38. The first-order valence-corrected chi connectivity index (χ1v) is 12.6. The van der Waals surface area contributed by atoms with Crippen molar-refractivity contribution in [2.75, 3.05) is 41.6 Å². The number of aliphatic imine (C=N–C) groups is 1. The van der Waals surface area contributed by atoms with Crippen LogP contribution in [0.2, 0.25) is 0 Å². The molecule has 1 heterocycles. The zero-order valence-electron chi connectivity index (χ0n) is 24.3. The number of carboxylic acid groups (broad SMARTS) is 1. The van der Waals surface area contributed by atoms with E-state index in [0.717, 1.165) is 11.1 Å². The number of nitrogens with zero attached hydrogens (tertiary/aromatic N) is 3. The fourth-order valence-corrected chi connectivity index (χ4v) is 3.29. The molecule has 1 aromatic heterocycles. The lowest BCUT2D eigenvalue weighted by atomic mass is 10.1. The molecule has 0 bridgehead atoms. The van der Waals surface area contributed by atoms with E-state index in [1.54, 1.807) is 28.4 Å². The molecule has 12 nitrogen and oxygen atoms in total. The normalized spacial score (nSPS) is 11.0. The Balaban J connectivity index is 0.000000860. The van der Waals surface area contributed by atoms with Crippen LogP contribution in [0, 0.1) is 0 Å². The average Bonchev–Trinajstić information content (AvgIpc) is 3.00. The predicted octanol–water partition coefficient (Wildman–Crippen LogP) is 4.14. The van der Waals surface area contributed by atoms with Gasteiger partial charge in [-0.3, -0.25) is 4.99 Å². The van der Waals surface area contributed by atoms with Crippen molar-refractivity contribution in [3.8, 4) is 29.0 Å². The molecule has 0 saturated carbocycles. The quantitative estimate of drug-likeness (QED) is 0.151. The first kappa shape index (κ1) is 34.7. The molecule has 0 amide bonds. The van der Waals surface area contributed by atoms with Crippen molar-refractivity contribution in [1.29, 1.82) is 0 Å². The number of aliphatic carboxylic acids is 1. The number of carboxylic acids is 1. The van der Waals surface area contributed by atoms with Crippen molar-refractivity contribution in [2.24, 2.45) is 16.5 Å². The summed E-state index contributed by atoms with van der Waals surface area (Å²) in [5.74, 6) is -0.187. The van der Waals surface area contributed by atoms with Gasteiger partial charge in [-0.2, -0.15) is 23.1 Å². The topological polar surface area (TPSA) is 174 Å². The summed E-state index contributed by atoms with van der Waals surface area (Å²) in [5, 5.41) is 7.12. The van der Waals surface area contributed by atoms with Crippen LogP contribution in [0.5, 0.6) is 29.0 Å². The van der Waals surface area contributed by atoms with Gasteiger partial charge < -0.3 is 40.3 Å². The molecule has 0 saturated heterocycles. The molecule has 0 radical (unpaired) electrons. The van der Waals surface area contributed by atoms with Crippen LogP contribution in [0.3, 0.4) is 0 Å². The third-order valence-electron chi connectivity index (χ3n) is 5.31. The summed E-state index contributed by atoms with van der Waals surface area (Å²) in [6.45, 7) is 0.508. The van der Waals surface area contributed by atoms with E-state index >= 15 is 0 Å². The summed E-state index contributed by atoms with van der Waals surface area (Å²) >= 11 is 0. The lowest BCUT2D eigenvalue weighted by Crippen LogP contribution is -2.23. The zero-order chi connectivity index (χ0) is 32.7. The Hall–Kier alpha value is -5.47. The monoisotopic (exact) mass is 619 g/mol. The van der Waals surface area contributed by atoms with E-state index in [4.69, 9.17) is 45.1 Å². The Kier molecular flexibility index (Phi) is 13.3. The number of hydrogen-bond donors (Lipinski definition) is 3. The third kappa shape index (κ3) is 11.4. The van der Waals surface area contributed by atoms with Crippen molar-refractivity contribution in [1.82, 2.24) is 9.97 Å². The summed E-state index contributed by atoms with van der Waals surface area (Å²) in [7, 11) is 6.39. The van der Waals surface area contributed by atoms with Crippen LogP contribution in [0.1, 0.15) is 22.5 Å². The van der Waals surface area contributed by atoms with Gasteiger partial charge >= 0.3 is 18.2 Å². The summed E-state index contributed by atoms with van der Waals surface area (Å²) in [5.41, 5.74) is 13.9. The Morgan fingerprint density at radius 1 is 0.795 bits per heavy atom. The summed E-state index contributed by atoms with van der Waals surface area (Å²) in [4.78, 5) is 21.8. The van der Waals surface area contributed by atoms with E-state index in [2.05, 4.69) is 15.0 Å². The molecule has 5 N–H and O–H groups in total. The maximum absolute atomic E-state index is 10.6. The van der Waals surface area contributed by atoms with Crippen molar-refractivity contribution in [3.05, 3.63) is 65.0 Å². The fourth-order valence-electron chi connectivity index (χ4n) is 3.29. The van der Waals surface area contributed by atoms with Gasteiger partial charge in [0, 0.05) is 0 Å². The lowest BCUT2D eigenvalue weighted by Gasteiger charge is -2.08. The van der Waals surface area contributed by atoms with E-state index in [1.807, 2.05) is 66.8 Å². The molecule has 0 aliphatic rings. The first-order valence-electron chi connectivity index (χ1n) is 12.6. The van der Waals surface area contributed by atoms with Gasteiger partial charge in [0.05, 0.1) is 46.4 Å². The van der Waals surface area contributed by atoms with Crippen LogP contribution in [0.4, 0.5) is 13.2 Å². The summed E-state index contributed by atoms with van der Waals surface area (Å²) in [6, 6.07) is 13.3. The van der Waals surface area contributed by atoms with Crippen LogP contribution in [0.25, 0.3) is 24.3 Å². The number of methoxy groups -OCH3 is 4. The summed E-state index contributed by atoms with van der Waals surface area (Å²) < 4.78 is 58.8. The van der Waals surface area contributed by atoms with Gasteiger partial charge in [-0.1, -0.05) is 24.3 Å². The second-order valence-electron chi connectivity index (χ2n) is 8.35. The highest BCUT2D eigenvalue weighted by Crippen LogP contribution is 2.29. The molecule has 236 valence electrons. The smallest absolute Gasteiger partial charge is 0.490 e. The van der Waals surface area contributed by atoms with E-state index in [9.17, 15) is 13.2 Å². The number of ether oxygens (including phenoxy) is 5. The number of aromatic nitrogens is 2. The van der Waals surface area contributed by atoms with Gasteiger partial charge in [-0.25, -0.2) is 4.79 Å². The van der Waals surface area contributed by atoms with E-state index in [1.165, 1.54) is 0 Å². The van der Waals surface area contributed by atoms with Crippen LogP contribution in [-0.2, 0) is 4.79 Å². The number of nitrogens with two attached hydrogens (primary N) is 2. The van der Waals surface area contributed by atoms with Crippen molar-refractivity contribution in [2.45, 2.75) is 6.18 Å². The van der Waals surface area contributed by atoms with Crippen LogP contribution in [-0.4, -0.2) is 74.8 Å². The van der Waals surface area contributed by atoms with Gasteiger partial charge in [0.15, 0.2) is 29.0 Å². The number of carbonyl (C=O) groups is 1. The Bertz CT molecular complexity index is 1410. The molecule has 0 atom stereocenters. The van der Waals surface area contributed by atoms with Gasteiger partial charge in [0.25, 0.3) is 0 Å². The molecule has 3 rings (SSSR count). The Morgan fingerprint density at radius 3 is 1.59 bits per heavy atom. The number of rotatable bonds is 12. The predicted molar refractivity (Wildman–Crippen MR) is 159 cm³/mol. The van der Waals surface area contributed by atoms with Crippen molar-refractivity contribution < 1.29 is 46.8 Å². The molecule has 0 unspecified atom stereocenters. The standard InChI is InChI=1S/C27H31N5O5.C2HF3O2/c1-33-22-11-7-18(15-24(22)35-3)5-9-20-17-21(32-27(31-20)37-14-13-30-26(28)29)10-6-19-8-12-23(34-2)25(16-19)36-4;3-2(4,5)1(6)7/h5-12,15-17H,13-14H2,1-4H3,(H4,28,29,30);(H,6,7). The van der Waals surface area contributed by atoms with Crippen LogP contribution < -0.4 is 35.2 Å². The molecule has 0 aliphatic heterocycles. The highest BCUT2D eigenvalue weighted by molar-refractivity contribution is 5.75. The molecular formula is C29H32F3N5O7. The average molecular weight is 620 g/mol. The van der Waals surface area contributed by atoms with Gasteiger partial charge in [0.2, 0.25) is 0 Å². The second kappa shape index (κ2) is 16.8. The maximum Gasteiger partial charge on any atom is 0.490 e. The number of guanidine groups is 1. The minimum atomic E-state index is -5.08. The molecule has 3 aromatic rings. The molecule has 15 heteroatoms. The van der Waals surface area contributed by atoms with Crippen molar-refractivity contribution >= 4 is 36.2 Å². The van der Waals surface area contributed by atoms with Gasteiger partial charge in [0.1, 0.15) is 6.61 Å². The van der Waals surface area contributed by atoms with Crippen LogP contribution in [0.15, 0.2) is 47.5 Å². The largest absolute Gasteiger partial charge is 0.493 e. The van der Waals surface area contributed by atoms with E-state index in [-0.39, 0.29) is 25.1 Å². The van der Waals surface area contributed by atoms with Gasteiger partial charge in [-0.05, 0) is 53.6 Å². The molecule has 0 spiro atoms. The van der Waals surface area contributed by atoms with Crippen LogP contribution >= 0.6 is 0 Å². The molecule has 44 heavy (non-hydrogen) atoms. The molecule has 0 fully saturated rings. The lowest BCUT2D eigenvalue weighted by molar-refractivity contribution is -0.192. The number of halogens is 3. The molecule has 0 aliphatic carbocycles. The SMILES string of the molecule is COc1ccc(C=Cc2cc(C=Cc3ccc(OC)c(OC)c3)nc(OCCN=C(N)N)n2)cc1OC.O=C(O)C(F)(F)F. The summed E-state index contributed by atoms with van der Waals surface area (Å²) in [6.07, 6.45) is 2.46. The fraction of sp³-hybridized carbons (Fsp3) is 0.241. The minimum Gasteiger partial charge on any atom is -0.493 e. The number of alkyl halides is 3. The van der Waals surface area contributed by atoms with Crippen molar-refractivity contribution in [3.63, 3.8) is 0 Å². The first-order chi connectivity index (χ1) is 20.9. The Morgan fingerprint density at radius 2 is 1.23 bits per heavy atom. The third-order valence-corrected chi connectivity index (χ3v) is 5.31. The number of hydrogen-bond acceptors (Lipinski definition) is 9. The van der Waals surface area contributed by atoms with Gasteiger partial charge in [-0.15, -0.1) is 0 Å². The minimum absolute atomic E-state index is 0.00494. The van der Waals surface area contributed by atoms with E-state index < -0.39 is 12.1 Å². The Labute approximate surface area is 251 Å².